The maximum Gasteiger partial charge on any atom is 0.236 e. The van der Waals surface area contributed by atoms with E-state index in [-0.39, 0.29) is 18.0 Å². The molecule has 0 fully saturated rings. The molecule has 122 valence electrons. The summed E-state index contributed by atoms with van der Waals surface area (Å²) >= 11 is 0. The number of hydrogen-bond acceptors (Lipinski definition) is 4. The fourth-order valence-corrected chi connectivity index (χ4v) is 1.94. The highest BCUT2D eigenvalue weighted by Gasteiger charge is 2.09. The van der Waals surface area contributed by atoms with Crippen LogP contribution in [0, 0.1) is 5.95 Å². The van der Waals surface area contributed by atoms with Crippen molar-refractivity contribution in [3.63, 3.8) is 0 Å². The zero-order valence-corrected chi connectivity index (χ0v) is 12.9. The van der Waals surface area contributed by atoms with Crippen molar-refractivity contribution in [2.45, 2.75) is 19.4 Å². The number of aromatic nitrogens is 1. The first kappa shape index (κ1) is 16.9. The zero-order valence-electron chi connectivity index (χ0n) is 12.9. The van der Waals surface area contributed by atoms with Gasteiger partial charge in [-0.3, -0.25) is 4.79 Å². The molecule has 2 rings (SSSR count). The molecule has 1 aromatic carbocycles. The lowest BCUT2D eigenvalue weighted by Gasteiger charge is -2.08. The van der Waals surface area contributed by atoms with Crippen molar-refractivity contribution < 1.29 is 18.7 Å². The third-order valence-corrected chi connectivity index (χ3v) is 3.13. The van der Waals surface area contributed by atoms with E-state index in [9.17, 15) is 9.18 Å². The highest BCUT2D eigenvalue weighted by molar-refractivity contribution is 5.90. The van der Waals surface area contributed by atoms with Crippen LogP contribution in [0.15, 0.2) is 42.6 Å². The van der Waals surface area contributed by atoms with E-state index in [4.69, 9.17) is 9.47 Å². The summed E-state index contributed by atoms with van der Waals surface area (Å²) in [5.74, 6) is -0.644. The molecule has 0 aliphatic heterocycles. The second-order valence-electron chi connectivity index (χ2n) is 4.90. The zero-order chi connectivity index (χ0) is 16.5. The van der Waals surface area contributed by atoms with E-state index in [1.807, 2.05) is 30.3 Å². The molecule has 0 aliphatic carbocycles. The number of carbonyl (C=O) groups is 1. The van der Waals surface area contributed by atoms with Crippen LogP contribution in [0.1, 0.15) is 18.4 Å². The van der Waals surface area contributed by atoms with Gasteiger partial charge in [0, 0.05) is 19.1 Å². The predicted molar refractivity (Wildman–Crippen MR) is 84.7 cm³/mol. The minimum Gasteiger partial charge on any atom is -0.495 e. The molecule has 5 nitrogen and oxygen atoms in total. The number of anilines is 1. The third kappa shape index (κ3) is 5.67. The first-order chi connectivity index (χ1) is 11.2. The summed E-state index contributed by atoms with van der Waals surface area (Å²) in [6.45, 7) is 0.970. The van der Waals surface area contributed by atoms with Gasteiger partial charge in [0.2, 0.25) is 11.9 Å². The smallest absolute Gasteiger partial charge is 0.236 e. The van der Waals surface area contributed by atoms with Crippen LogP contribution in [0.2, 0.25) is 0 Å². The second-order valence-corrected chi connectivity index (χ2v) is 4.90. The number of ether oxygens (including phenoxy) is 2. The van der Waals surface area contributed by atoms with Crippen LogP contribution >= 0.6 is 0 Å². The van der Waals surface area contributed by atoms with Gasteiger partial charge in [0.25, 0.3) is 0 Å². The van der Waals surface area contributed by atoms with Gasteiger partial charge in [-0.05, 0) is 12.0 Å². The molecule has 0 saturated carbocycles. The van der Waals surface area contributed by atoms with E-state index in [1.54, 1.807) is 0 Å². The van der Waals surface area contributed by atoms with Crippen molar-refractivity contribution in [1.82, 2.24) is 4.98 Å². The Morgan fingerprint density at radius 2 is 2.09 bits per heavy atom. The highest BCUT2D eigenvalue weighted by atomic mass is 19.1. The topological polar surface area (TPSA) is 60.5 Å². The van der Waals surface area contributed by atoms with Crippen LogP contribution < -0.4 is 10.1 Å². The number of nitrogens with zero attached hydrogens (tertiary/aromatic N) is 1. The maximum absolute atomic E-state index is 13.5. The van der Waals surface area contributed by atoms with Gasteiger partial charge in [0.1, 0.15) is 11.4 Å². The Labute approximate surface area is 134 Å². The van der Waals surface area contributed by atoms with Gasteiger partial charge < -0.3 is 14.8 Å². The molecule has 0 unspecified atom stereocenters. The predicted octanol–water partition coefficient (Wildman–Crippen LogP) is 3.16. The number of benzene rings is 1. The molecule has 0 radical (unpaired) electrons. The lowest BCUT2D eigenvalue weighted by molar-refractivity contribution is -0.116. The van der Waals surface area contributed by atoms with E-state index in [0.717, 1.165) is 5.56 Å². The first-order valence-electron chi connectivity index (χ1n) is 7.30. The average Bonchev–Trinajstić information content (AvgIpc) is 2.57. The number of nitrogens with one attached hydrogen (secondary N) is 1. The average molecular weight is 318 g/mol. The SMILES string of the molecule is COc1cnc(F)c(NC(=O)CCCOCc2ccccc2)c1. The Morgan fingerprint density at radius 1 is 1.30 bits per heavy atom. The van der Waals surface area contributed by atoms with E-state index >= 15 is 0 Å². The highest BCUT2D eigenvalue weighted by Crippen LogP contribution is 2.18. The summed E-state index contributed by atoms with van der Waals surface area (Å²) < 4.78 is 23.9. The summed E-state index contributed by atoms with van der Waals surface area (Å²) in [4.78, 5) is 15.3. The van der Waals surface area contributed by atoms with E-state index < -0.39 is 5.95 Å². The summed E-state index contributed by atoms with van der Waals surface area (Å²) in [7, 11) is 1.45. The van der Waals surface area contributed by atoms with Crippen molar-refractivity contribution in [3.8, 4) is 5.75 Å². The molecule has 1 N–H and O–H groups in total. The lowest BCUT2D eigenvalue weighted by Crippen LogP contribution is -2.14. The number of carbonyl (C=O) groups excluding carboxylic acids is 1. The lowest BCUT2D eigenvalue weighted by atomic mass is 10.2. The van der Waals surface area contributed by atoms with E-state index in [2.05, 4.69) is 10.3 Å². The Balaban J connectivity index is 1.69. The minimum atomic E-state index is -0.737. The van der Waals surface area contributed by atoms with Gasteiger partial charge in [-0.25, -0.2) is 4.98 Å². The van der Waals surface area contributed by atoms with E-state index in [1.165, 1.54) is 19.4 Å². The van der Waals surface area contributed by atoms with Crippen molar-refractivity contribution in [1.29, 1.82) is 0 Å². The maximum atomic E-state index is 13.5. The molecule has 1 heterocycles. The van der Waals surface area contributed by atoms with Gasteiger partial charge in [-0.1, -0.05) is 30.3 Å². The molecule has 0 bridgehead atoms. The van der Waals surface area contributed by atoms with Crippen LogP contribution in [-0.2, 0) is 16.1 Å². The standard InChI is InChI=1S/C17H19FN2O3/c1-22-14-10-15(17(18)19-11-14)20-16(21)8-5-9-23-12-13-6-3-2-4-7-13/h2-4,6-7,10-11H,5,8-9,12H2,1H3,(H,20,21). The Kier molecular flexibility index (Phi) is 6.50. The molecule has 0 aliphatic rings. The number of halogens is 1. The number of rotatable bonds is 8. The number of pyridine rings is 1. The van der Waals surface area contributed by atoms with Gasteiger partial charge in [0.15, 0.2) is 0 Å². The number of amides is 1. The van der Waals surface area contributed by atoms with Crippen LogP contribution in [0.5, 0.6) is 5.75 Å². The summed E-state index contributed by atoms with van der Waals surface area (Å²) in [6, 6.07) is 11.2. The van der Waals surface area contributed by atoms with Crippen molar-refractivity contribution in [2.75, 3.05) is 19.0 Å². The number of methoxy groups -OCH3 is 1. The van der Waals surface area contributed by atoms with Crippen molar-refractivity contribution in [3.05, 3.63) is 54.1 Å². The summed E-state index contributed by atoms with van der Waals surface area (Å²) in [6.07, 6.45) is 2.05. The molecule has 0 atom stereocenters. The van der Waals surface area contributed by atoms with Crippen molar-refractivity contribution >= 4 is 11.6 Å². The quantitative estimate of drug-likeness (QED) is 0.600. The van der Waals surface area contributed by atoms with Gasteiger partial charge >= 0.3 is 0 Å². The molecular weight excluding hydrogens is 299 g/mol. The summed E-state index contributed by atoms with van der Waals surface area (Å²) in [5.41, 5.74) is 1.10. The molecule has 2 aromatic rings. The second kappa shape index (κ2) is 8.85. The van der Waals surface area contributed by atoms with Gasteiger partial charge in [-0.15, -0.1) is 0 Å². The fourth-order valence-electron chi connectivity index (χ4n) is 1.94. The largest absolute Gasteiger partial charge is 0.495 e. The monoisotopic (exact) mass is 318 g/mol. The van der Waals surface area contributed by atoms with Crippen LogP contribution in [0.25, 0.3) is 0 Å². The molecule has 1 amide bonds. The Bertz CT molecular complexity index is 635. The van der Waals surface area contributed by atoms with Crippen molar-refractivity contribution in [2.24, 2.45) is 0 Å². The first-order valence-corrected chi connectivity index (χ1v) is 7.30. The molecule has 0 saturated heterocycles. The number of hydrogen-bond donors (Lipinski definition) is 1. The third-order valence-electron chi connectivity index (χ3n) is 3.13. The Morgan fingerprint density at radius 3 is 2.83 bits per heavy atom. The van der Waals surface area contributed by atoms with Crippen LogP contribution in [-0.4, -0.2) is 24.6 Å². The molecule has 0 spiro atoms. The van der Waals surface area contributed by atoms with E-state index in [0.29, 0.717) is 25.4 Å². The normalized spacial score (nSPS) is 10.3. The minimum absolute atomic E-state index is 0.0135. The molecule has 6 heteroatoms. The van der Waals surface area contributed by atoms with Crippen LogP contribution in [0.3, 0.4) is 0 Å². The van der Waals surface area contributed by atoms with Gasteiger partial charge in [0.05, 0.1) is 19.9 Å². The molecular formula is C17H19FN2O3. The fraction of sp³-hybridized carbons (Fsp3) is 0.294. The summed E-state index contributed by atoms with van der Waals surface area (Å²) in [5, 5.41) is 2.48. The van der Waals surface area contributed by atoms with Crippen LogP contribution in [0.4, 0.5) is 10.1 Å². The Hall–Kier alpha value is -2.47. The van der Waals surface area contributed by atoms with Gasteiger partial charge in [-0.2, -0.15) is 4.39 Å². The molecule has 1 aromatic heterocycles. The molecule has 23 heavy (non-hydrogen) atoms.